The van der Waals surface area contributed by atoms with Crippen molar-refractivity contribution in [3.63, 3.8) is 0 Å². The van der Waals surface area contributed by atoms with Crippen LogP contribution < -0.4 is 9.75 Å². The molecule has 0 amide bonds. The van der Waals surface area contributed by atoms with E-state index in [4.69, 9.17) is 8.53 Å². The van der Waals surface area contributed by atoms with E-state index in [1.165, 1.54) is 0 Å². The Balaban J connectivity index is 1.92. The fourth-order valence-corrected chi connectivity index (χ4v) is 5.86. The van der Waals surface area contributed by atoms with Gasteiger partial charge in [0.2, 0.25) is 11.2 Å². The number of pyridine rings is 1. The maximum absolute atomic E-state index is 14.9. The van der Waals surface area contributed by atoms with E-state index in [1.54, 1.807) is 12.1 Å². The van der Waals surface area contributed by atoms with E-state index in [-0.39, 0.29) is 5.82 Å². The van der Waals surface area contributed by atoms with Gasteiger partial charge in [-0.2, -0.15) is 4.57 Å². The number of aryl methyl sites for hydroxylation is 2. The number of benzene rings is 3. The molecule has 0 atom stereocenters. The lowest BCUT2D eigenvalue weighted by atomic mass is 9.96. The highest BCUT2D eigenvalue weighted by molar-refractivity contribution is 6.88. The number of nitrogens with zero attached hydrogens (tertiary/aromatic N) is 1. The number of aromatic nitrogens is 1. The predicted octanol–water partition coefficient (Wildman–Crippen LogP) is 6.53. The van der Waals surface area contributed by atoms with Crippen LogP contribution in [0.1, 0.15) is 15.2 Å². The number of furan rings is 1. The summed E-state index contributed by atoms with van der Waals surface area (Å²) in [5, 5.41) is 3.24. The van der Waals surface area contributed by atoms with Crippen molar-refractivity contribution in [2.24, 2.45) is 7.05 Å². The van der Waals surface area contributed by atoms with Crippen LogP contribution in [0.15, 0.2) is 59.0 Å². The Kier molecular flexibility index (Phi) is 3.64. The monoisotopic (exact) mass is 431 g/mol. The molecule has 0 saturated heterocycles. The number of hydrogen-bond donors (Lipinski definition) is 0. The molecule has 0 aliphatic rings. The Bertz CT molecular complexity index is 1610. The van der Waals surface area contributed by atoms with Crippen LogP contribution in [0.5, 0.6) is 0 Å². The molecule has 0 spiro atoms. The molecule has 2 nitrogen and oxygen atoms in total. The van der Waals surface area contributed by atoms with Gasteiger partial charge in [0.15, 0.2) is 0 Å². The second-order valence-corrected chi connectivity index (χ2v) is 14.4. The van der Waals surface area contributed by atoms with E-state index in [9.17, 15) is 4.39 Å². The standard InChI is InChI=1S/C27H27FNOSi/c1-16-13-20-19-9-7-8-10-24(19)30-27(20)26(17(16)2)22-12-11-18-14-21(28)25(31(4,5)6)15-23(18)29(22)3/h7-15H,1-6H3/q+1/i1D3. The molecule has 0 unspecified atom stereocenters. The number of halogens is 1. The van der Waals surface area contributed by atoms with Gasteiger partial charge in [0.05, 0.1) is 13.6 Å². The van der Waals surface area contributed by atoms with Crippen molar-refractivity contribution in [2.45, 2.75) is 33.4 Å². The summed E-state index contributed by atoms with van der Waals surface area (Å²) >= 11 is 0. The van der Waals surface area contributed by atoms with Gasteiger partial charge >= 0.3 is 0 Å². The molecule has 5 aromatic rings. The lowest BCUT2D eigenvalue weighted by Gasteiger charge is -2.18. The lowest BCUT2D eigenvalue weighted by molar-refractivity contribution is -0.633. The summed E-state index contributed by atoms with van der Waals surface area (Å²) in [6.07, 6.45) is 0. The molecule has 0 fully saturated rings. The third kappa shape index (κ3) is 3.00. The molecule has 2 heterocycles. The van der Waals surface area contributed by atoms with Crippen molar-refractivity contribution in [1.82, 2.24) is 0 Å². The van der Waals surface area contributed by atoms with Gasteiger partial charge in [0, 0.05) is 32.4 Å². The summed E-state index contributed by atoms with van der Waals surface area (Å²) in [6.45, 7) is 5.95. The van der Waals surface area contributed by atoms with Crippen LogP contribution in [0.4, 0.5) is 4.39 Å². The number of para-hydroxylation sites is 1. The largest absolute Gasteiger partial charge is 0.455 e. The molecule has 3 aromatic carbocycles. The summed E-state index contributed by atoms with van der Waals surface area (Å²) < 4.78 is 47.7. The molecule has 5 rings (SSSR count). The molecule has 2 aromatic heterocycles. The van der Waals surface area contributed by atoms with Crippen molar-refractivity contribution in [3.05, 3.63) is 71.5 Å². The van der Waals surface area contributed by atoms with Crippen LogP contribution in [-0.2, 0) is 7.05 Å². The second-order valence-electron chi connectivity index (χ2n) is 9.32. The zero-order valence-corrected chi connectivity index (χ0v) is 19.4. The van der Waals surface area contributed by atoms with E-state index >= 15 is 0 Å². The van der Waals surface area contributed by atoms with Gasteiger partial charge in [0.25, 0.3) is 0 Å². The van der Waals surface area contributed by atoms with E-state index in [0.29, 0.717) is 22.3 Å². The Hall–Kier alpha value is -2.98. The highest BCUT2D eigenvalue weighted by Gasteiger charge is 2.27. The SMILES string of the molecule is [2H]C([2H])([2H])c1cc2c(oc3ccccc32)c(-c2ccc3cc(F)c([Si](C)(C)C)cc3[n+]2C)c1C. The quantitative estimate of drug-likeness (QED) is 0.229. The molecular weight excluding hydrogens is 401 g/mol. The topological polar surface area (TPSA) is 17.0 Å². The van der Waals surface area contributed by atoms with Gasteiger partial charge < -0.3 is 4.42 Å². The Morgan fingerprint density at radius 2 is 1.77 bits per heavy atom. The zero-order chi connectivity index (χ0) is 24.6. The predicted molar refractivity (Wildman–Crippen MR) is 130 cm³/mol. The maximum atomic E-state index is 14.9. The number of fused-ring (bicyclic) bond motifs is 4. The molecule has 156 valence electrons. The van der Waals surface area contributed by atoms with E-state index < -0.39 is 14.9 Å². The summed E-state index contributed by atoms with van der Waals surface area (Å²) in [4.78, 5) is 0. The molecular formula is C27H27FNOSi+. The van der Waals surface area contributed by atoms with Crippen LogP contribution in [0.2, 0.25) is 19.6 Å². The fraction of sp³-hybridized carbons (Fsp3) is 0.222. The lowest BCUT2D eigenvalue weighted by Crippen LogP contribution is -2.42. The minimum Gasteiger partial charge on any atom is -0.455 e. The summed E-state index contributed by atoms with van der Waals surface area (Å²) in [5.74, 6) is -0.167. The first-order valence-electron chi connectivity index (χ1n) is 12.0. The van der Waals surface area contributed by atoms with Crippen molar-refractivity contribution in [3.8, 4) is 11.3 Å². The summed E-state index contributed by atoms with van der Waals surface area (Å²) in [6, 6.07) is 16.8. The minimum absolute atomic E-state index is 0.167. The summed E-state index contributed by atoms with van der Waals surface area (Å²) in [5.41, 5.74) is 4.83. The fourth-order valence-electron chi connectivity index (χ4n) is 4.50. The highest BCUT2D eigenvalue weighted by atomic mass is 28.3. The van der Waals surface area contributed by atoms with Crippen LogP contribution in [0.25, 0.3) is 44.1 Å². The molecule has 0 aliphatic carbocycles. The molecule has 0 radical (unpaired) electrons. The van der Waals surface area contributed by atoms with E-state index in [1.807, 2.05) is 61.0 Å². The molecule has 0 saturated carbocycles. The van der Waals surface area contributed by atoms with Crippen LogP contribution >= 0.6 is 0 Å². The second kappa shape index (κ2) is 6.76. The Labute approximate surface area is 187 Å². The van der Waals surface area contributed by atoms with Crippen molar-refractivity contribution < 1.29 is 17.5 Å². The highest BCUT2D eigenvalue weighted by Crippen LogP contribution is 2.38. The van der Waals surface area contributed by atoms with Gasteiger partial charge in [-0.05, 0) is 54.4 Å². The minimum atomic E-state index is -2.27. The number of rotatable bonds is 2. The van der Waals surface area contributed by atoms with Gasteiger partial charge in [-0.1, -0.05) is 37.8 Å². The van der Waals surface area contributed by atoms with Crippen molar-refractivity contribution in [2.75, 3.05) is 0 Å². The average Bonchev–Trinajstić information content (AvgIpc) is 3.10. The van der Waals surface area contributed by atoms with Crippen LogP contribution in [-0.4, -0.2) is 8.07 Å². The van der Waals surface area contributed by atoms with Crippen molar-refractivity contribution >= 4 is 46.1 Å². The average molecular weight is 432 g/mol. The van der Waals surface area contributed by atoms with Gasteiger partial charge in [0.1, 0.15) is 24.0 Å². The first kappa shape index (κ1) is 16.7. The van der Waals surface area contributed by atoms with Crippen LogP contribution in [0, 0.1) is 19.6 Å². The molecule has 0 bridgehead atoms. The third-order valence-corrected chi connectivity index (χ3v) is 8.25. The normalized spacial score (nSPS) is 14.2. The molecule has 0 aliphatic heterocycles. The smallest absolute Gasteiger partial charge is 0.216 e. The first-order chi connectivity index (χ1) is 15.9. The number of hydrogen-bond acceptors (Lipinski definition) is 1. The van der Waals surface area contributed by atoms with Crippen LogP contribution in [0.3, 0.4) is 0 Å². The summed E-state index contributed by atoms with van der Waals surface area (Å²) in [7, 11) is 0.0373. The van der Waals surface area contributed by atoms with E-state index in [0.717, 1.165) is 38.1 Å². The van der Waals surface area contributed by atoms with E-state index in [2.05, 4.69) is 19.6 Å². The Morgan fingerprint density at radius 1 is 1.00 bits per heavy atom. The molecule has 0 N–H and O–H groups in total. The first-order valence-corrected chi connectivity index (χ1v) is 14.0. The van der Waals surface area contributed by atoms with Gasteiger partial charge in [-0.15, -0.1) is 0 Å². The molecule has 31 heavy (non-hydrogen) atoms. The van der Waals surface area contributed by atoms with Gasteiger partial charge in [-0.3, -0.25) is 0 Å². The third-order valence-electron chi connectivity index (χ3n) is 6.25. The van der Waals surface area contributed by atoms with Gasteiger partial charge in [-0.25, -0.2) is 4.39 Å². The zero-order valence-electron chi connectivity index (χ0n) is 21.4. The van der Waals surface area contributed by atoms with Crippen molar-refractivity contribution in [1.29, 1.82) is 0 Å². The maximum Gasteiger partial charge on any atom is 0.216 e. The molecule has 4 heteroatoms. The Morgan fingerprint density at radius 3 is 2.52 bits per heavy atom.